The summed E-state index contributed by atoms with van der Waals surface area (Å²) < 4.78 is 5.20. The quantitative estimate of drug-likeness (QED) is 0.843. The van der Waals surface area contributed by atoms with Crippen LogP contribution in [0.25, 0.3) is 0 Å². The average molecular weight is 262 g/mol. The highest BCUT2D eigenvalue weighted by Gasteiger charge is 2.35. The van der Waals surface area contributed by atoms with E-state index in [1.807, 2.05) is 25.1 Å². The molecule has 2 heterocycles. The van der Waals surface area contributed by atoms with E-state index in [0.717, 1.165) is 28.5 Å². The lowest BCUT2D eigenvalue weighted by Gasteiger charge is -2.31. The third-order valence-electron chi connectivity index (χ3n) is 3.12. The molecule has 2 unspecified atom stereocenters. The number of fused-ring (bicyclic) bond motifs is 2. The number of hydrogen-bond donors (Lipinski definition) is 1. The predicted octanol–water partition coefficient (Wildman–Crippen LogP) is 2.15. The molecule has 3 rings (SSSR count). The van der Waals surface area contributed by atoms with Gasteiger partial charge in [0.1, 0.15) is 11.0 Å². The number of benzene rings is 1. The van der Waals surface area contributed by atoms with Crippen LogP contribution in [0.5, 0.6) is 5.75 Å². The maximum Gasteiger partial charge on any atom is 0.239 e. The molecule has 0 radical (unpaired) electrons. The molecule has 1 aromatic carbocycles. The molecule has 94 valence electrons. The van der Waals surface area contributed by atoms with Gasteiger partial charge in [-0.15, -0.1) is 11.8 Å². The van der Waals surface area contributed by atoms with Crippen LogP contribution >= 0.6 is 11.8 Å². The predicted molar refractivity (Wildman–Crippen MR) is 72.0 cm³/mol. The fourth-order valence-corrected chi connectivity index (χ4v) is 3.39. The van der Waals surface area contributed by atoms with E-state index in [1.54, 1.807) is 18.9 Å². The number of aliphatic imine (C=N–C) groups is 1. The molecular formula is C13H14N2O2S. The van der Waals surface area contributed by atoms with Gasteiger partial charge in [0.15, 0.2) is 0 Å². The van der Waals surface area contributed by atoms with Crippen LogP contribution in [0.4, 0.5) is 5.69 Å². The number of methoxy groups -OCH3 is 1. The number of thioether (sulfide) groups is 1. The van der Waals surface area contributed by atoms with Crippen molar-refractivity contribution in [2.24, 2.45) is 4.99 Å². The van der Waals surface area contributed by atoms with Crippen LogP contribution < -0.4 is 10.1 Å². The van der Waals surface area contributed by atoms with Crippen molar-refractivity contribution in [2.75, 3.05) is 7.11 Å². The van der Waals surface area contributed by atoms with E-state index in [2.05, 4.69) is 10.3 Å². The molecule has 0 saturated carbocycles. The minimum absolute atomic E-state index is 0.0611. The first-order valence-corrected chi connectivity index (χ1v) is 6.78. The Bertz CT molecular complexity index is 542. The van der Waals surface area contributed by atoms with Crippen molar-refractivity contribution in [2.45, 2.75) is 29.5 Å². The van der Waals surface area contributed by atoms with Crippen LogP contribution in [0, 0.1) is 0 Å². The number of nitrogens with one attached hydrogen (secondary N) is 1. The Morgan fingerprint density at radius 3 is 3.11 bits per heavy atom. The molecule has 2 aliphatic heterocycles. The van der Waals surface area contributed by atoms with Gasteiger partial charge in [-0.3, -0.25) is 9.79 Å². The maximum absolute atomic E-state index is 12.0. The molecule has 4 nitrogen and oxygen atoms in total. The van der Waals surface area contributed by atoms with E-state index < -0.39 is 0 Å². The fourth-order valence-electron chi connectivity index (χ4n) is 2.26. The minimum Gasteiger partial charge on any atom is -0.497 e. The van der Waals surface area contributed by atoms with Gasteiger partial charge in [0, 0.05) is 23.1 Å². The van der Waals surface area contributed by atoms with Crippen molar-refractivity contribution in [1.29, 1.82) is 0 Å². The molecule has 1 aromatic rings. The number of ether oxygens (including phenoxy) is 1. The van der Waals surface area contributed by atoms with Crippen LogP contribution in [0.15, 0.2) is 28.1 Å². The van der Waals surface area contributed by atoms with E-state index >= 15 is 0 Å². The largest absolute Gasteiger partial charge is 0.497 e. The molecule has 1 amide bonds. The molecule has 2 aliphatic rings. The van der Waals surface area contributed by atoms with Crippen LogP contribution in [-0.4, -0.2) is 30.0 Å². The normalized spacial score (nSPS) is 25.7. The summed E-state index contributed by atoms with van der Waals surface area (Å²) in [6.45, 7) is 2.00. The zero-order valence-electron chi connectivity index (χ0n) is 10.3. The number of piperidine rings is 1. The molecule has 5 heteroatoms. The zero-order valence-corrected chi connectivity index (χ0v) is 11.1. The molecule has 1 N–H and O–H groups in total. The van der Waals surface area contributed by atoms with Gasteiger partial charge >= 0.3 is 0 Å². The van der Waals surface area contributed by atoms with Crippen LogP contribution in [0.2, 0.25) is 0 Å². The smallest absolute Gasteiger partial charge is 0.239 e. The minimum atomic E-state index is -0.180. The van der Waals surface area contributed by atoms with Gasteiger partial charge in [0.2, 0.25) is 5.91 Å². The summed E-state index contributed by atoms with van der Waals surface area (Å²) in [6.07, 6.45) is 0.828. The molecular weight excluding hydrogens is 248 g/mol. The highest BCUT2D eigenvalue weighted by Crippen LogP contribution is 2.41. The van der Waals surface area contributed by atoms with Gasteiger partial charge in [-0.2, -0.15) is 0 Å². The summed E-state index contributed by atoms with van der Waals surface area (Å²) in [5, 5.41) is 2.79. The summed E-state index contributed by atoms with van der Waals surface area (Å²) in [5.74, 6) is 0.857. The van der Waals surface area contributed by atoms with Gasteiger partial charge in [-0.05, 0) is 25.1 Å². The first-order valence-electron chi connectivity index (χ1n) is 5.90. The summed E-state index contributed by atoms with van der Waals surface area (Å²) in [4.78, 5) is 17.6. The number of nitrogens with zero attached hydrogens (tertiary/aromatic N) is 1. The highest BCUT2D eigenvalue weighted by molar-refractivity contribution is 8.01. The first-order chi connectivity index (χ1) is 8.67. The number of rotatable bonds is 1. The van der Waals surface area contributed by atoms with Crippen molar-refractivity contribution < 1.29 is 9.53 Å². The van der Waals surface area contributed by atoms with Crippen molar-refractivity contribution >= 4 is 29.1 Å². The monoisotopic (exact) mass is 262 g/mol. The van der Waals surface area contributed by atoms with Gasteiger partial charge in [-0.1, -0.05) is 0 Å². The number of carbonyl (C=O) groups excluding carboxylic acids is 1. The lowest BCUT2D eigenvalue weighted by atomic mass is 10.0. The van der Waals surface area contributed by atoms with Gasteiger partial charge in [0.05, 0.1) is 12.8 Å². The van der Waals surface area contributed by atoms with E-state index in [-0.39, 0.29) is 17.2 Å². The number of amides is 1. The summed E-state index contributed by atoms with van der Waals surface area (Å²) >= 11 is 1.56. The molecule has 0 aliphatic carbocycles. The topological polar surface area (TPSA) is 50.7 Å². The Morgan fingerprint density at radius 1 is 1.50 bits per heavy atom. The van der Waals surface area contributed by atoms with Crippen LogP contribution in [-0.2, 0) is 4.79 Å². The third kappa shape index (κ3) is 1.88. The van der Waals surface area contributed by atoms with Crippen molar-refractivity contribution in [3.05, 3.63) is 18.2 Å². The maximum atomic E-state index is 12.0. The molecule has 0 aromatic heterocycles. The molecule has 2 atom stereocenters. The van der Waals surface area contributed by atoms with Crippen molar-refractivity contribution in [3.8, 4) is 5.75 Å². The average Bonchev–Trinajstić information content (AvgIpc) is 2.36. The molecule has 0 spiro atoms. The molecule has 18 heavy (non-hydrogen) atoms. The Hall–Kier alpha value is -1.49. The lowest BCUT2D eigenvalue weighted by molar-refractivity contribution is -0.120. The lowest BCUT2D eigenvalue weighted by Crippen LogP contribution is -2.49. The third-order valence-corrected chi connectivity index (χ3v) is 4.42. The van der Waals surface area contributed by atoms with Crippen molar-refractivity contribution in [3.63, 3.8) is 0 Å². The van der Waals surface area contributed by atoms with Crippen LogP contribution in [0.3, 0.4) is 0 Å². The molecule has 0 bridgehead atoms. The van der Waals surface area contributed by atoms with Gasteiger partial charge < -0.3 is 10.1 Å². The number of hydrogen-bond acceptors (Lipinski definition) is 4. The Morgan fingerprint density at radius 2 is 2.33 bits per heavy atom. The highest BCUT2D eigenvalue weighted by atomic mass is 32.2. The number of carbonyl (C=O) groups is 1. The second kappa shape index (κ2) is 4.31. The zero-order chi connectivity index (χ0) is 12.7. The second-order valence-corrected chi connectivity index (χ2v) is 5.70. The summed E-state index contributed by atoms with van der Waals surface area (Å²) in [7, 11) is 1.64. The van der Waals surface area contributed by atoms with E-state index in [9.17, 15) is 4.79 Å². The van der Waals surface area contributed by atoms with Gasteiger partial charge in [-0.25, -0.2) is 0 Å². The Balaban J connectivity index is 2.01. The van der Waals surface area contributed by atoms with Crippen molar-refractivity contribution in [1.82, 2.24) is 5.32 Å². The molecule has 1 saturated heterocycles. The summed E-state index contributed by atoms with van der Waals surface area (Å²) in [5.41, 5.74) is 1.92. The second-order valence-electron chi connectivity index (χ2n) is 4.55. The van der Waals surface area contributed by atoms with E-state index in [0.29, 0.717) is 0 Å². The van der Waals surface area contributed by atoms with Gasteiger partial charge in [0.25, 0.3) is 0 Å². The summed E-state index contributed by atoms with van der Waals surface area (Å²) in [6, 6.07) is 5.95. The van der Waals surface area contributed by atoms with E-state index in [1.165, 1.54) is 0 Å². The molecule has 1 fully saturated rings. The van der Waals surface area contributed by atoms with Crippen LogP contribution in [0.1, 0.15) is 13.3 Å². The SMILES string of the molecule is COc1ccc2c(c1)SC1C(=O)NC(C)CC1=N2. The Kier molecular flexibility index (Phi) is 2.78. The van der Waals surface area contributed by atoms with E-state index in [4.69, 9.17) is 4.74 Å². The standard InChI is InChI=1S/C13H14N2O2S/c1-7-5-10-12(13(16)14-7)18-11-6-8(17-2)3-4-9(11)15-10/h3-4,6-7,12H,5H2,1-2H3,(H,14,16). The first kappa shape index (κ1) is 11.6. The fraction of sp³-hybridized carbons (Fsp3) is 0.385. The Labute approximate surface area is 110 Å².